The number of amides is 1. The van der Waals surface area contributed by atoms with Gasteiger partial charge in [-0.05, 0) is 79.7 Å². The quantitative estimate of drug-likeness (QED) is 0.472. The van der Waals surface area contributed by atoms with E-state index in [1.165, 1.54) is 10.5 Å². The van der Waals surface area contributed by atoms with Crippen LogP contribution in [-0.4, -0.2) is 65.5 Å². The zero-order valence-corrected chi connectivity index (χ0v) is 22.2. The first-order valence-corrected chi connectivity index (χ1v) is 14.0. The Morgan fingerprint density at radius 2 is 1.76 bits per heavy atom. The molecule has 202 valence electrons. The number of nitrogens with zero attached hydrogens (tertiary/aromatic N) is 4. The Morgan fingerprint density at radius 1 is 1.03 bits per heavy atom. The Kier molecular flexibility index (Phi) is 8.35. The standard InChI is InChI=1S/C30H37FN4O3/c1-2-21-17-32-30(33-18-21)34-14-11-22(12-15-34)20-38-27-9-7-24(8-10-27)23-3-5-25(6-4-23)28(36)29(37)35-16-13-26(31)19-35/h3,7-10,17-18,22,25-26H,2,4-6,11-16,19-20H2,1H3/t25?,26-/m0/s1. The summed E-state index contributed by atoms with van der Waals surface area (Å²) in [6, 6.07) is 8.16. The Hall–Kier alpha value is -3.29. The maximum Gasteiger partial charge on any atom is 0.290 e. The van der Waals surface area contributed by atoms with Crippen LogP contribution in [0.1, 0.15) is 56.6 Å². The van der Waals surface area contributed by atoms with Crippen LogP contribution >= 0.6 is 0 Å². The summed E-state index contributed by atoms with van der Waals surface area (Å²) in [6.07, 6.45) is 10.2. The highest BCUT2D eigenvalue weighted by Gasteiger charge is 2.34. The van der Waals surface area contributed by atoms with E-state index in [-0.39, 0.29) is 18.2 Å². The van der Waals surface area contributed by atoms with E-state index < -0.39 is 12.1 Å². The van der Waals surface area contributed by atoms with Gasteiger partial charge in [0.2, 0.25) is 11.7 Å². The largest absolute Gasteiger partial charge is 0.493 e. The third-order valence-electron chi connectivity index (χ3n) is 8.12. The van der Waals surface area contributed by atoms with E-state index in [0.717, 1.165) is 61.6 Å². The van der Waals surface area contributed by atoms with Crippen molar-refractivity contribution in [3.63, 3.8) is 0 Å². The molecule has 3 aliphatic rings. The number of aryl methyl sites for hydroxylation is 1. The molecule has 1 aliphatic carbocycles. The Bertz CT molecular complexity index is 1140. The van der Waals surface area contributed by atoms with Gasteiger partial charge in [-0.1, -0.05) is 25.1 Å². The van der Waals surface area contributed by atoms with Crippen molar-refractivity contribution in [3.8, 4) is 5.75 Å². The predicted octanol–water partition coefficient (Wildman–Crippen LogP) is 4.66. The molecule has 1 unspecified atom stereocenters. The highest BCUT2D eigenvalue weighted by Crippen LogP contribution is 2.32. The average molecular weight is 521 g/mol. The first kappa shape index (κ1) is 26.3. The van der Waals surface area contributed by atoms with Crippen LogP contribution in [0, 0.1) is 11.8 Å². The number of Topliss-reactive ketones (excluding diaryl/α,β-unsaturated/α-hetero) is 1. The maximum atomic E-state index is 13.4. The number of alkyl halides is 1. The minimum absolute atomic E-state index is 0.0501. The number of ether oxygens (including phenoxy) is 1. The lowest BCUT2D eigenvalue weighted by Crippen LogP contribution is -2.38. The number of aromatic nitrogens is 2. The van der Waals surface area contributed by atoms with Crippen LogP contribution in [0.2, 0.25) is 0 Å². The molecule has 2 aliphatic heterocycles. The van der Waals surface area contributed by atoms with Crippen molar-refractivity contribution in [2.45, 2.75) is 58.0 Å². The van der Waals surface area contributed by atoms with E-state index in [1.807, 2.05) is 24.5 Å². The van der Waals surface area contributed by atoms with Gasteiger partial charge in [0.05, 0.1) is 13.2 Å². The summed E-state index contributed by atoms with van der Waals surface area (Å²) in [4.78, 5) is 37.7. The molecule has 2 saturated heterocycles. The highest BCUT2D eigenvalue weighted by molar-refractivity contribution is 6.37. The molecule has 2 aromatic rings. The van der Waals surface area contributed by atoms with Crippen LogP contribution in [-0.2, 0) is 16.0 Å². The number of hydrogen-bond donors (Lipinski definition) is 0. The van der Waals surface area contributed by atoms with Gasteiger partial charge in [0.15, 0.2) is 0 Å². The Labute approximate surface area is 224 Å². The van der Waals surface area contributed by atoms with Gasteiger partial charge >= 0.3 is 0 Å². The van der Waals surface area contributed by atoms with Gasteiger partial charge in [0, 0.05) is 37.9 Å². The Balaban J connectivity index is 1.06. The normalized spacial score (nSPS) is 22.3. The van der Waals surface area contributed by atoms with Crippen molar-refractivity contribution < 1.29 is 18.7 Å². The van der Waals surface area contributed by atoms with E-state index in [2.05, 4.69) is 40.0 Å². The Morgan fingerprint density at radius 3 is 2.37 bits per heavy atom. The number of halogens is 1. The van der Waals surface area contributed by atoms with Crippen molar-refractivity contribution in [1.29, 1.82) is 0 Å². The minimum Gasteiger partial charge on any atom is -0.493 e. The first-order chi connectivity index (χ1) is 18.5. The van der Waals surface area contributed by atoms with Crippen LogP contribution in [0.4, 0.5) is 10.3 Å². The summed E-state index contributed by atoms with van der Waals surface area (Å²) in [5, 5.41) is 0. The summed E-state index contributed by atoms with van der Waals surface area (Å²) in [6.45, 7) is 5.08. The number of benzene rings is 1. The molecular formula is C30H37FN4O3. The zero-order chi connectivity index (χ0) is 26.5. The average Bonchev–Trinajstić information content (AvgIpc) is 3.42. The summed E-state index contributed by atoms with van der Waals surface area (Å²) in [7, 11) is 0. The van der Waals surface area contributed by atoms with Gasteiger partial charge in [-0.3, -0.25) is 9.59 Å². The van der Waals surface area contributed by atoms with Crippen LogP contribution in [0.15, 0.2) is 42.7 Å². The molecular weight excluding hydrogens is 483 g/mol. The highest BCUT2D eigenvalue weighted by atomic mass is 19.1. The van der Waals surface area contributed by atoms with Crippen molar-refractivity contribution >= 4 is 23.2 Å². The molecule has 7 nitrogen and oxygen atoms in total. The molecule has 1 aromatic carbocycles. The van der Waals surface area contributed by atoms with Gasteiger partial charge in [0.25, 0.3) is 5.91 Å². The number of piperidine rings is 1. The van der Waals surface area contributed by atoms with E-state index in [0.29, 0.717) is 38.3 Å². The number of carbonyl (C=O) groups excluding carboxylic acids is 2. The van der Waals surface area contributed by atoms with Gasteiger partial charge in [-0.15, -0.1) is 0 Å². The monoisotopic (exact) mass is 520 g/mol. The van der Waals surface area contributed by atoms with E-state index in [9.17, 15) is 14.0 Å². The fourth-order valence-corrected chi connectivity index (χ4v) is 5.54. The van der Waals surface area contributed by atoms with Crippen molar-refractivity contribution in [1.82, 2.24) is 14.9 Å². The van der Waals surface area contributed by atoms with E-state index >= 15 is 0 Å². The third-order valence-corrected chi connectivity index (χ3v) is 8.12. The topological polar surface area (TPSA) is 75.6 Å². The number of hydrogen-bond acceptors (Lipinski definition) is 6. The fraction of sp³-hybridized carbons (Fsp3) is 0.533. The third kappa shape index (κ3) is 6.22. The summed E-state index contributed by atoms with van der Waals surface area (Å²) >= 11 is 0. The predicted molar refractivity (Wildman–Crippen MR) is 145 cm³/mol. The number of likely N-dealkylation sites (tertiary alicyclic amines) is 1. The van der Waals surface area contributed by atoms with Crippen LogP contribution < -0.4 is 9.64 Å². The lowest BCUT2D eigenvalue weighted by molar-refractivity contribution is -0.146. The summed E-state index contributed by atoms with van der Waals surface area (Å²) in [5.41, 5.74) is 3.47. The molecule has 3 heterocycles. The molecule has 1 amide bonds. The molecule has 0 saturated carbocycles. The lowest BCUT2D eigenvalue weighted by atomic mass is 9.84. The molecule has 2 fully saturated rings. The molecule has 0 spiro atoms. The summed E-state index contributed by atoms with van der Waals surface area (Å²) < 4.78 is 19.5. The van der Waals surface area contributed by atoms with Crippen molar-refractivity contribution in [2.24, 2.45) is 11.8 Å². The van der Waals surface area contributed by atoms with E-state index in [4.69, 9.17) is 4.74 Å². The first-order valence-electron chi connectivity index (χ1n) is 14.0. The van der Waals surface area contributed by atoms with Crippen LogP contribution in [0.5, 0.6) is 5.75 Å². The van der Waals surface area contributed by atoms with Gasteiger partial charge < -0.3 is 14.5 Å². The molecule has 8 heteroatoms. The number of carbonyl (C=O) groups is 2. The molecule has 0 bridgehead atoms. The number of ketones is 1. The van der Waals surface area contributed by atoms with Gasteiger partial charge in [0.1, 0.15) is 11.9 Å². The number of rotatable bonds is 8. The second-order valence-electron chi connectivity index (χ2n) is 10.7. The lowest BCUT2D eigenvalue weighted by Gasteiger charge is -2.31. The zero-order valence-electron chi connectivity index (χ0n) is 22.2. The van der Waals surface area contributed by atoms with Crippen molar-refractivity contribution in [2.75, 3.05) is 37.7 Å². The van der Waals surface area contributed by atoms with Crippen LogP contribution in [0.3, 0.4) is 0 Å². The molecule has 2 atom stereocenters. The van der Waals surface area contributed by atoms with Gasteiger partial charge in [-0.25, -0.2) is 14.4 Å². The van der Waals surface area contributed by atoms with Crippen molar-refractivity contribution in [3.05, 3.63) is 53.9 Å². The summed E-state index contributed by atoms with van der Waals surface area (Å²) in [5.74, 6) is 1.00. The SMILES string of the molecule is CCc1cnc(N2CCC(COc3ccc(C4=CCC(C(=O)C(=O)N5CC[C@H](F)C5)CC4)cc3)CC2)nc1. The minimum atomic E-state index is -1.01. The smallest absolute Gasteiger partial charge is 0.290 e. The molecule has 0 N–H and O–H groups in total. The second kappa shape index (κ2) is 12.0. The molecule has 0 radical (unpaired) electrons. The molecule has 5 rings (SSSR count). The number of allylic oxidation sites excluding steroid dienone is 2. The van der Waals surface area contributed by atoms with Gasteiger partial charge in [-0.2, -0.15) is 0 Å². The second-order valence-corrected chi connectivity index (χ2v) is 10.7. The molecule has 1 aromatic heterocycles. The maximum absolute atomic E-state index is 13.4. The van der Waals surface area contributed by atoms with Crippen LogP contribution in [0.25, 0.3) is 5.57 Å². The molecule has 38 heavy (non-hydrogen) atoms. The van der Waals surface area contributed by atoms with E-state index in [1.54, 1.807) is 0 Å². The fourth-order valence-electron chi connectivity index (χ4n) is 5.54. The number of anilines is 1.